The Morgan fingerprint density at radius 3 is 2.23 bits per heavy atom. The molecule has 8 heteroatoms. The van der Waals surface area contributed by atoms with E-state index in [9.17, 15) is 13.2 Å². The van der Waals surface area contributed by atoms with Crippen molar-refractivity contribution in [1.29, 1.82) is 0 Å². The maximum Gasteiger partial charge on any atom is 0.411 e. The fraction of sp³-hybridized carbons (Fsp3) is 0.278. The average Bonchev–Trinajstić information content (AvgIpc) is 2.61. The lowest BCUT2D eigenvalue weighted by Crippen LogP contribution is -2.15. The molecule has 0 saturated heterocycles. The van der Waals surface area contributed by atoms with Crippen molar-refractivity contribution in [3.63, 3.8) is 0 Å². The van der Waals surface area contributed by atoms with Gasteiger partial charge in [-0.15, -0.1) is 0 Å². The summed E-state index contributed by atoms with van der Waals surface area (Å²) in [5.74, 6) is 0. The molecule has 1 amide bonds. The zero-order chi connectivity index (χ0) is 19.0. The summed E-state index contributed by atoms with van der Waals surface area (Å²) < 4.78 is 33.2. The molecular formula is C18H21BrN2O4S. The summed E-state index contributed by atoms with van der Waals surface area (Å²) in [4.78, 5) is 11.8. The van der Waals surface area contributed by atoms with Gasteiger partial charge in [0, 0.05) is 15.8 Å². The normalized spacial score (nSPS) is 11.0. The second-order valence-electron chi connectivity index (χ2n) is 5.60. The van der Waals surface area contributed by atoms with Crippen LogP contribution in [0, 0.1) is 0 Å². The Labute approximate surface area is 162 Å². The van der Waals surface area contributed by atoms with E-state index in [1.807, 2.05) is 0 Å². The highest BCUT2D eigenvalue weighted by Gasteiger charge is 2.14. The molecule has 2 rings (SSSR count). The SMILES string of the molecule is CCCCCOC(=O)Nc1ccc(S(=O)(=O)Nc2ccc(Br)cc2)cc1. The summed E-state index contributed by atoms with van der Waals surface area (Å²) in [6, 6.07) is 12.7. The smallest absolute Gasteiger partial charge is 0.411 e. The Bertz CT molecular complexity index is 821. The van der Waals surface area contributed by atoms with Crippen molar-refractivity contribution in [3.05, 3.63) is 53.0 Å². The molecule has 2 aromatic carbocycles. The first-order chi connectivity index (χ1) is 12.4. The number of carbonyl (C=O) groups excluding carboxylic acids is 1. The van der Waals surface area contributed by atoms with Crippen molar-refractivity contribution in [2.45, 2.75) is 31.1 Å². The molecule has 0 bridgehead atoms. The van der Waals surface area contributed by atoms with E-state index in [4.69, 9.17) is 4.74 Å². The number of hydrogen-bond acceptors (Lipinski definition) is 4. The molecule has 0 saturated carbocycles. The van der Waals surface area contributed by atoms with E-state index in [1.54, 1.807) is 24.3 Å². The molecule has 0 radical (unpaired) electrons. The van der Waals surface area contributed by atoms with Crippen LogP contribution in [-0.2, 0) is 14.8 Å². The van der Waals surface area contributed by atoms with Crippen LogP contribution in [0.2, 0.25) is 0 Å². The lowest BCUT2D eigenvalue weighted by atomic mass is 10.3. The largest absolute Gasteiger partial charge is 0.449 e. The number of amides is 1. The topological polar surface area (TPSA) is 84.5 Å². The first kappa shape index (κ1) is 20.3. The van der Waals surface area contributed by atoms with Gasteiger partial charge in [0.1, 0.15) is 0 Å². The first-order valence-corrected chi connectivity index (χ1v) is 10.5. The predicted octanol–water partition coefficient (Wildman–Crippen LogP) is 4.99. The van der Waals surface area contributed by atoms with Crippen LogP contribution in [-0.4, -0.2) is 21.1 Å². The minimum absolute atomic E-state index is 0.0993. The number of carbonyl (C=O) groups is 1. The van der Waals surface area contributed by atoms with Crippen LogP contribution in [0.15, 0.2) is 57.9 Å². The third-order valence-corrected chi connectivity index (χ3v) is 5.41. The van der Waals surface area contributed by atoms with Crippen molar-refractivity contribution < 1.29 is 17.9 Å². The monoisotopic (exact) mass is 440 g/mol. The molecule has 0 fully saturated rings. The zero-order valence-corrected chi connectivity index (χ0v) is 16.8. The number of sulfonamides is 1. The molecular weight excluding hydrogens is 420 g/mol. The van der Waals surface area contributed by atoms with Crippen molar-refractivity contribution in [1.82, 2.24) is 0 Å². The number of halogens is 1. The van der Waals surface area contributed by atoms with Gasteiger partial charge >= 0.3 is 6.09 Å². The summed E-state index contributed by atoms with van der Waals surface area (Å²) >= 11 is 3.30. The highest BCUT2D eigenvalue weighted by atomic mass is 79.9. The number of rotatable bonds is 8. The van der Waals surface area contributed by atoms with Gasteiger partial charge in [0.05, 0.1) is 11.5 Å². The number of hydrogen-bond donors (Lipinski definition) is 2. The number of nitrogens with one attached hydrogen (secondary N) is 2. The van der Waals surface area contributed by atoms with Gasteiger partial charge in [0.15, 0.2) is 0 Å². The van der Waals surface area contributed by atoms with E-state index < -0.39 is 16.1 Å². The molecule has 0 heterocycles. The van der Waals surface area contributed by atoms with E-state index in [0.717, 1.165) is 23.7 Å². The number of unbranched alkanes of at least 4 members (excludes halogenated alkanes) is 2. The van der Waals surface area contributed by atoms with Crippen LogP contribution in [0.3, 0.4) is 0 Å². The van der Waals surface area contributed by atoms with E-state index in [2.05, 4.69) is 32.9 Å². The van der Waals surface area contributed by atoms with Gasteiger partial charge in [-0.2, -0.15) is 0 Å². The molecule has 0 aliphatic carbocycles. The molecule has 26 heavy (non-hydrogen) atoms. The Kier molecular flexibility index (Phi) is 7.47. The summed E-state index contributed by atoms with van der Waals surface area (Å²) in [5, 5.41) is 2.57. The lowest BCUT2D eigenvalue weighted by molar-refractivity contribution is 0.159. The number of anilines is 2. The van der Waals surface area contributed by atoms with Crippen LogP contribution in [0.1, 0.15) is 26.2 Å². The van der Waals surface area contributed by atoms with E-state index >= 15 is 0 Å². The summed E-state index contributed by atoms with van der Waals surface area (Å²) in [7, 11) is -3.70. The van der Waals surface area contributed by atoms with Gasteiger partial charge < -0.3 is 4.74 Å². The molecule has 2 N–H and O–H groups in total. The molecule has 0 aromatic heterocycles. The highest BCUT2D eigenvalue weighted by molar-refractivity contribution is 9.10. The molecule has 0 atom stereocenters. The average molecular weight is 441 g/mol. The van der Waals surface area contributed by atoms with Gasteiger partial charge in [-0.05, 0) is 55.0 Å². The van der Waals surface area contributed by atoms with Crippen LogP contribution >= 0.6 is 15.9 Å². The maximum atomic E-state index is 12.4. The van der Waals surface area contributed by atoms with Gasteiger partial charge in [-0.1, -0.05) is 35.7 Å². The van der Waals surface area contributed by atoms with Crippen LogP contribution in [0.4, 0.5) is 16.2 Å². The molecule has 0 aliphatic rings. The second kappa shape index (κ2) is 9.59. The van der Waals surface area contributed by atoms with Crippen molar-refractivity contribution in [2.24, 2.45) is 0 Å². The summed E-state index contributed by atoms with van der Waals surface area (Å²) in [6.45, 7) is 2.44. The van der Waals surface area contributed by atoms with Gasteiger partial charge in [-0.25, -0.2) is 13.2 Å². The number of benzene rings is 2. The Hall–Kier alpha value is -2.06. The second-order valence-corrected chi connectivity index (χ2v) is 8.20. The number of ether oxygens (including phenoxy) is 1. The van der Waals surface area contributed by atoms with Crippen molar-refractivity contribution in [2.75, 3.05) is 16.6 Å². The van der Waals surface area contributed by atoms with Crippen LogP contribution in [0.5, 0.6) is 0 Å². The van der Waals surface area contributed by atoms with Crippen molar-refractivity contribution >= 4 is 43.4 Å². The quantitative estimate of drug-likeness (QED) is 0.566. The fourth-order valence-electron chi connectivity index (χ4n) is 2.12. The standard InChI is InChI=1S/C18H21BrN2O4S/c1-2-3-4-13-25-18(22)20-15-9-11-17(12-10-15)26(23,24)21-16-7-5-14(19)6-8-16/h5-12,21H,2-4,13H2,1H3,(H,20,22). The zero-order valence-electron chi connectivity index (χ0n) is 14.4. The van der Waals surface area contributed by atoms with Crippen LogP contribution in [0.25, 0.3) is 0 Å². The first-order valence-electron chi connectivity index (χ1n) is 8.23. The van der Waals surface area contributed by atoms with Crippen LogP contribution < -0.4 is 10.0 Å². The minimum Gasteiger partial charge on any atom is -0.449 e. The Morgan fingerprint density at radius 1 is 1.00 bits per heavy atom. The molecule has 2 aromatic rings. The molecule has 0 aliphatic heterocycles. The minimum atomic E-state index is -3.70. The van der Waals surface area contributed by atoms with Gasteiger partial charge in [0.2, 0.25) is 0 Å². The molecule has 6 nitrogen and oxygen atoms in total. The Morgan fingerprint density at radius 2 is 1.62 bits per heavy atom. The van der Waals surface area contributed by atoms with E-state index in [-0.39, 0.29) is 4.90 Å². The highest BCUT2D eigenvalue weighted by Crippen LogP contribution is 2.20. The van der Waals surface area contributed by atoms with Crippen molar-refractivity contribution in [3.8, 4) is 0 Å². The predicted molar refractivity (Wildman–Crippen MR) is 106 cm³/mol. The molecule has 0 spiro atoms. The summed E-state index contributed by atoms with van der Waals surface area (Å²) in [5.41, 5.74) is 0.930. The fourth-order valence-corrected chi connectivity index (χ4v) is 3.44. The van der Waals surface area contributed by atoms with Gasteiger partial charge in [-0.3, -0.25) is 10.0 Å². The lowest BCUT2D eigenvalue weighted by Gasteiger charge is -2.10. The third-order valence-electron chi connectivity index (χ3n) is 3.49. The Balaban J connectivity index is 1.95. The summed E-state index contributed by atoms with van der Waals surface area (Å²) in [6.07, 6.45) is 2.33. The molecule has 140 valence electrons. The third kappa shape index (κ3) is 6.34. The van der Waals surface area contributed by atoms with E-state index in [1.165, 1.54) is 24.3 Å². The molecule has 0 unspecified atom stereocenters. The van der Waals surface area contributed by atoms with Gasteiger partial charge in [0.25, 0.3) is 10.0 Å². The van der Waals surface area contributed by atoms with E-state index in [0.29, 0.717) is 18.0 Å². The maximum absolute atomic E-state index is 12.4.